The molecule has 0 spiro atoms. The highest BCUT2D eigenvalue weighted by Gasteiger charge is 2.21. The van der Waals surface area contributed by atoms with Crippen molar-refractivity contribution >= 4 is 34.5 Å². The molecule has 1 aromatic heterocycles. The van der Waals surface area contributed by atoms with E-state index in [-0.39, 0.29) is 11.2 Å². The third-order valence-corrected chi connectivity index (χ3v) is 4.75. The number of anilines is 1. The smallest absolute Gasteiger partial charge is 0.257 e. The van der Waals surface area contributed by atoms with E-state index in [1.54, 1.807) is 7.11 Å². The van der Waals surface area contributed by atoms with E-state index in [0.29, 0.717) is 11.6 Å². The number of hydrogen-bond acceptors (Lipinski definition) is 5. The molecule has 3 aromatic rings. The van der Waals surface area contributed by atoms with Gasteiger partial charge in [0.2, 0.25) is 5.91 Å². The summed E-state index contributed by atoms with van der Waals surface area (Å²) in [5.41, 5.74) is 2.26. The molecule has 0 aliphatic rings. The molecular formula is C18H18N2O3S. The summed E-state index contributed by atoms with van der Waals surface area (Å²) in [6.07, 6.45) is 0.672. The molecule has 6 heteroatoms. The average molecular weight is 342 g/mol. The fourth-order valence-corrected chi connectivity index (χ4v) is 3.11. The van der Waals surface area contributed by atoms with Crippen LogP contribution in [-0.4, -0.2) is 23.3 Å². The lowest BCUT2D eigenvalue weighted by Crippen LogP contribution is -2.24. The molecule has 24 heavy (non-hydrogen) atoms. The second kappa shape index (κ2) is 7.40. The first kappa shape index (κ1) is 16.4. The molecule has 0 aliphatic carbocycles. The number of oxazole rings is 1. The van der Waals surface area contributed by atoms with Crippen LogP contribution in [0.2, 0.25) is 0 Å². The second-order valence-corrected chi connectivity index (χ2v) is 6.33. The lowest BCUT2D eigenvalue weighted by Gasteiger charge is -2.13. The maximum Gasteiger partial charge on any atom is 0.257 e. The fraction of sp³-hybridized carbons (Fsp3) is 0.222. The Bertz CT molecular complexity index is 797. The molecule has 3 rings (SSSR count). The summed E-state index contributed by atoms with van der Waals surface area (Å²) in [5, 5.41) is 3.14. The number of carbonyl (C=O) groups excluding carboxylic acids is 1. The molecule has 0 saturated heterocycles. The minimum absolute atomic E-state index is 0.0741. The van der Waals surface area contributed by atoms with Crippen LogP contribution in [0.5, 0.6) is 5.75 Å². The number of methoxy groups -OCH3 is 1. The third-order valence-electron chi connectivity index (χ3n) is 3.54. The van der Waals surface area contributed by atoms with Crippen molar-refractivity contribution in [3.8, 4) is 5.75 Å². The molecule has 0 saturated carbocycles. The molecule has 0 bridgehead atoms. The van der Waals surface area contributed by atoms with Gasteiger partial charge in [0.25, 0.3) is 5.22 Å². The van der Waals surface area contributed by atoms with E-state index in [4.69, 9.17) is 9.15 Å². The number of ether oxygens (including phenoxy) is 1. The predicted molar refractivity (Wildman–Crippen MR) is 95.6 cm³/mol. The highest BCUT2D eigenvalue weighted by molar-refractivity contribution is 8.00. The normalized spacial score (nSPS) is 12.1. The second-order valence-electron chi connectivity index (χ2n) is 5.18. The van der Waals surface area contributed by atoms with Gasteiger partial charge in [-0.25, -0.2) is 4.98 Å². The van der Waals surface area contributed by atoms with Crippen LogP contribution in [0, 0.1) is 0 Å². The van der Waals surface area contributed by atoms with Crippen LogP contribution in [0.3, 0.4) is 0 Å². The van der Waals surface area contributed by atoms with Gasteiger partial charge >= 0.3 is 0 Å². The first-order chi connectivity index (χ1) is 11.7. The topological polar surface area (TPSA) is 64.4 Å². The highest BCUT2D eigenvalue weighted by atomic mass is 32.2. The zero-order valence-corrected chi connectivity index (χ0v) is 14.3. The van der Waals surface area contributed by atoms with E-state index in [0.717, 1.165) is 22.5 Å². The first-order valence-electron chi connectivity index (χ1n) is 7.66. The Balaban J connectivity index is 1.69. The van der Waals surface area contributed by atoms with Crippen molar-refractivity contribution < 1.29 is 13.9 Å². The van der Waals surface area contributed by atoms with Crippen LogP contribution in [0.15, 0.2) is 58.2 Å². The van der Waals surface area contributed by atoms with Crippen molar-refractivity contribution in [2.24, 2.45) is 0 Å². The number of nitrogens with one attached hydrogen (secondary N) is 1. The Morgan fingerprint density at radius 1 is 1.25 bits per heavy atom. The summed E-state index contributed by atoms with van der Waals surface area (Å²) in [4.78, 5) is 16.9. The average Bonchev–Trinajstić information content (AvgIpc) is 3.02. The number of thioether (sulfide) groups is 1. The van der Waals surface area contributed by atoms with Gasteiger partial charge in [-0.3, -0.25) is 4.79 Å². The van der Waals surface area contributed by atoms with Crippen LogP contribution >= 0.6 is 11.8 Å². The van der Waals surface area contributed by atoms with Crippen LogP contribution in [0.4, 0.5) is 5.69 Å². The van der Waals surface area contributed by atoms with Crippen LogP contribution < -0.4 is 10.1 Å². The van der Waals surface area contributed by atoms with Gasteiger partial charge in [0.15, 0.2) is 5.58 Å². The SMILES string of the molecule is CCC(Sc1nc2ccccc2o1)C(=O)Nc1ccc(OC)cc1. The van der Waals surface area contributed by atoms with Crippen molar-refractivity contribution in [2.75, 3.05) is 12.4 Å². The van der Waals surface area contributed by atoms with Gasteiger partial charge in [-0.2, -0.15) is 0 Å². The molecule has 0 aliphatic heterocycles. The van der Waals surface area contributed by atoms with Gasteiger partial charge < -0.3 is 14.5 Å². The van der Waals surface area contributed by atoms with E-state index in [1.165, 1.54) is 11.8 Å². The van der Waals surface area contributed by atoms with Gasteiger partial charge in [0.05, 0.1) is 12.4 Å². The van der Waals surface area contributed by atoms with Crippen molar-refractivity contribution in [1.29, 1.82) is 0 Å². The standard InChI is InChI=1S/C18H18N2O3S/c1-3-16(17(21)19-12-8-10-13(22-2)11-9-12)24-18-20-14-6-4-5-7-15(14)23-18/h4-11,16H,3H2,1-2H3,(H,19,21). The van der Waals surface area contributed by atoms with Crippen molar-refractivity contribution in [3.63, 3.8) is 0 Å². The first-order valence-corrected chi connectivity index (χ1v) is 8.54. The number of hydrogen-bond donors (Lipinski definition) is 1. The molecule has 1 amide bonds. The van der Waals surface area contributed by atoms with E-state index in [1.807, 2.05) is 55.5 Å². The third kappa shape index (κ3) is 3.71. The number of nitrogens with zero attached hydrogens (tertiary/aromatic N) is 1. The maximum atomic E-state index is 12.5. The summed E-state index contributed by atoms with van der Waals surface area (Å²) in [5.74, 6) is 0.677. The maximum absolute atomic E-state index is 12.5. The monoisotopic (exact) mass is 342 g/mol. The summed E-state index contributed by atoms with van der Waals surface area (Å²) in [6.45, 7) is 1.97. The number of rotatable bonds is 6. The Hall–Kier alpha value is -2.47. The molecule has 1 atom stereocenters. The number of carbonyl (C=O) groups is 1. The predicted octanol–water partition coefficient (Wildman–Crippen LogP) is 4.35. The van der Waals surface area contributed by atoms with Crippen LogP contribution in [0.1, 0.15) is 13.3 Å². The zero-order valence-electron chi connectivity index (χ0n) is 13.5. The molecule has 2 aromatic carbocycles. The Morgan fingerprint density at radius 3 is 2.67 bits per heavy atom. The van der Waals surface area contributed by atoms with E-state index in [2.05, 4.69) is 10.3 Å². The summed E-state index contributed by atoms with van der Waals surface area (Å²) in [7, 11) is 1.61. The van der Waals surface area contributed by atoms with E-state index >= 15 is 0 Å². The zero-order chi connectivity index (χ0) is 16.9. The Labute approximate surface area is 144 Å². The van der Waals surface area contributed by atoms with Crippen molar-refractivity contribution in [2.45, 2.75) is 23.8 Å². The minimum Gasteiger partial charge on any atom is -0.497 e. The van der Waals surface area contributed by atoms with Gasteiger partial charge in [0.1, 0.15) is 11.3 Å². The van der Waals surface area contributed by atoms with Gasteiger partial charge in [-0.05, 0) is 42.8 Å². The lowest BCUT2D eigenvalue weighted by atomic mass is 10.2. The Morgan fingerprint density at radius 2 is 2.00 bits per heavy atom. The summed E-state index contributed by atoms with van der Waals surface area (Å²) < 4.78 is 10.8. The molecule has 5 nitrogen and oxygen atoms in total. The molecule has 0 radical (unpaired) electrons. The largest absolute Gasteiger partial charge is 0.497 e. The van der Waals surface area contributed by atoms with Gasteiger partial charge in [-0.1, -0.05) is 30.8 Å². The van der Waals surface area contributed by atoms with Crippen LogP contribution in [0.25, 0.3) is 11.1 Å². The number of aromatic nitrogens is 1. The highest BCUT2D eigenvalue weighted by Crippen LogP contribution is 2.29. The molecule has 0 fully saturated rings. The number of para-hydroxylation sites is 2. The molecule has 124 valence electrons. The Kier molecular flexibility index (Phi) is 5.05. The van der Waals surface area contributed by atoms with Crippen molar-refractivity contribution in [3.05, 3.63) is 48.5 Å². The lowest BCUT2D eigenvalue weighted by molar-refractivity contribution is -0.115. The number of benzene rings is 2. The van der Waals surface area contributed by atoms with Crippen molar-refractivity contribution in [1.82, 2.24) is 4.98 Å². The fourth-order valence-electron chi connectivity index (χ4n) is 2.24. The minimum atomic E-state index is -0.278. The molecule has 1 unspecified atom stereocenters. The molecule has 1 N–H and O–H groups in total. The van der Waals surface area contributed by atoms with E-state index < -0.39 is 0 Å². The summed E-state index contributed by atoms with van der Waals surface area (Å²) >= 11 is 1.33. The van der Waals surface area contributed by atoms with E-state index in [9.17, 15) is 4.79 Å². The van der Waals surface area contributed by atoms with Gasteiger partial charge in [0, 0.05) is 5.69 Å². The van der Waals surface area contributed by atoms with Crippen LogP contribution in [-0.2, 0) is 4.79 Å². The molecule has 1 heterocycles. The number of fused-ring (bicyclic) bond motifs is 1. The van der Waals surface area contributed by atoms with Gasteiger partial charge in [-0.15, -0.1) is 0 Å². The molecular weight excluding hydrogens is 324 g/mol. The summed E-state index contributed by atoms with van der Waals surface area (Å²) in [6, 6.07) is 14.8. The number of amides is 1. The quantitative estimate of drug-likeness (QED) is 0.675.